The number of sulfonamides is 1. The molecule has 0 bridgehead atoms. The summed E-state index contributed by atoms with van der Waals surface area (Å²) in [7, 11) is -3.87. The summed E-state index contributed by atoms with van der Waals surface area (Å²) in [6.45, 7) is 6.43. The first-order valence-corrected chi connectivity index (χ1v) is 7.46. The smallest absolute Gasteiger partial charge is 0.273 e. The van der Waals surface area contributed by atoms with Gasteiger partial charge in [-0.25, -0.2) is 13.6 Å². The van der Waals surface area contributed by atoms with Crippen LogP contribution in [0.2, 0.25) is 0 Å². The van der Waals surface area contributed by atoms with Gasteiger partial charge >= 0.3 is 0 Å². The number of aromatic nitrogens is 3. The normalized spacial score (nSPS) is 24.9. The van der Waals surface area contributed by atoms with Crippen LogP contribution >= 0.6 is 0 Å². The number of nitrogens with zero attached hydrogens (tertiary/aromatic N) is 3. The summed E-state index contributed by atoms with van der Waals surface area (Å²) in [5, 5.41) is 12.6. The van der Waals surface area contributed by atoms with Crippen LogP contribution in [-0.2, 0) is 14.8 Å². The Morgan fingerprint density at radius 3 is 2.56 bits per heavy atom. The molecule has 2 atom stereocenters. The molecule has 0 amide bonds. The summed E-state index contributed by atoms with van der Waals surface area (Å²) in [5.74, 6) is 0.832. The van der Waals surface area contributed by atoms with Crippen molar-refractivity contribution in [3.05, 3.63) is 5.82 Å². The first-order chi connectivity index (χ1) is 8.32. The standard InChI is InChI=1S/C10H18N4O3S/c1-6(2)14-9(8-7(3)4-5-17-8)12-13-10(14)18(11,15)16/h6-8H,4-5H2,1-3H3,(H2,11,15,16). The van der Waals surface area contributed by atoms with Gasteiger partial charge in [-0.15, -0.1) is 10.2 Å². The topological polar surface area (TPSA) is 100 Å². The summed E-state index contributed by atoms with van der Waals surface area (Å²) in [6, 6.07) is -0.0975. The molecule has 2 N–H and O–H groups in total. The molecule has 0 aliphatic carbocycles. The van der Waals surface area contributed by atoms with Crippen LogP contribution in [0, 0.1) is 5.92 Å². The zero-order valence-electron chi connectivity index (χ0n) is 10.7. The molecule has 18 heavy (non-hydrogen) atoms. The molecule has 102 valence electrons. The number of primary sulfonamides is 1. The van der Waals surface area contributed by atoms with Gasteiger partial charge in [0.05, 0.1) is 0 Å². The number of nitrogens with two attached hydrogens (primary N) is 1. The molecule has 1 saturated heterocycles. The third-order valence-electron chi connectivity index (χ3n) is 3.10. The summed E-state index contributed by atoms with van der Waals surface area (Å²) in [4.78, 5) is 0. The monoisotopic (exact) mass is 274 g/mol. The van der Waals surface area contributed by atoms with E-state index < -0.39 is 10.0 Å². The van der Waals surface area contributed by atoms with Gasteiger partial charge in [0.15, 0.2) is 5.82 Å². The Kier molecular flexibility index (Phi) is 3.43. The number of hydrogen-bond acceptors (Lipinski definition) is 5. The maximum absolute atomic E-state index is 11.5. The van der Waals surface area contributed by atoms with E-state index in [0.29, 0.717) is 18.3 Å². The van der Waals surface area contributed by atoms with Crippen LogP contribution in [-0.4, -0.2) is 29.8 Å². The van der Waals surface area contributed by atoms with Crippen LogP contribution in [0.5, 0.6) is 0 Å². The van der Waals surface area contributed by atoms with Gasteiger partial charge in [0, 0.05) is 12.6 Å². The Morgan fingerprint density at radius 2 is 2.11 bits per heavy atom. The summed E-state index contributed by atoms with van der Waals surface area (Å²) >= 11 is 0. The fourth-order valence-corrected chi connectivity index (χ4v) is 2.92. The van der Waals surface area contributed by atoms with Gasteiger partial charge in [-0.1, -0.05) is 6.92 Å². The molecule has 2 unspecified atom stereocenters. The van der Waals surface area contributed by atoms with E-state index in [-0.39, 0.29) is 17.3 Å². The Bertz CT molecular complexity index is 537. The lowest BCUT2D eigenvalue weighted by molar-refractivity contribution is 0.0824. The van der Waals surface area contributed by atoms with Crippen LogP contribution in [0.3, 0.4) is 0 Å². The van der Waals surface area contributed by atoms with E-state index in [4.69, 9.17) is 9.88 Å². The van der Waals surface area contributed by atoms with Crippen molar-refractivity contribution in [2.24, 2.45) is 11.1 Å². The van der Waals surface area contributed by atoms with Crippen molar-refractivity contribution in [1.82, 2.24) is 14.8 Å². The van der Waals surface area contributed by atoms with E-state index in [1.165, 1.54) is 0 Å². The quantitative estimate of drug-likeness (QED) is 0.870. The fourth-order valence-electron chi connectivity index (χ4n) is 2.19. The minimum absolute atomic E-state index is 0.0975. The highest BCUT2D eigenvalue weighted by Gasteiger charge is 2.34. The molecule has 8 heteroatoms. The van der Waals surface area contributed by atoms with Crippen molar-refractivity contribution in [2.45, 2.75) is 44.5 Å². The first kappa shape index (κ1) is 13.4. The van der Waals surface area contributed by atoms with Crippen molar-refractivity contribution in [2.75, 3.05) is 6.61 Å². The second kappa shape index (κ2) is 4.60. The van der Waals surface area contributed by atoms with E-state index in [1.807, 2.05) is 20.8 Å². The first-order valence-electron chi connectivity index (χ1n) is 5.91. The lowest BCUT2D eigenvalue weighted by Gasteiger charge is -2.18. The number of hydrogen-bond donors (Lipinski definition) is 1. The van der Waals surface area contributed by atoms with E-state index in [1.54, 1.807) is 4.57 Å². The predicted molar refractivity (Wildman–Crippen MR) is 64.3 cm³/mol. The molecule has 1 fully saturated rings. The maximum atomic E-state index is 11.5. The molecule has 0 saturated carbocycles. The van der Waals surface area contributed by atoms with E-state index in [9.17, 15) is 8.42 Å². The maximum Gasteiger partial charge on any atom is 0.273 e. The summed E-state index contributed by atoms with van der Waals surface area (Å²) in [5.41, 5.74) is 0. The van der Waals surface area contributed by atoms with Gasteiger partial charge in [0.25, 0.3) is 15.2 Å². The Morgan fingerprint density at radius 1 is 1.44 bits per heavy atom. The highest BCUT2D eigenvalue weighted by Crippen LogP contribution is 2.34. The molecule has 0 spiro atoms. The third kappa shape index (κ3) is 2.27. The molecular weight excluding hydrogens is 256 g/mol. The van der Waals surface area contributed by atoms with Gasteiger partial charge in [-0.3, -0.25) is 4.57 Å². The Balaban J connectivity index is 2.52. The van der Waals surface area contributed by atoms with E-state index in [2.05, 4.69) is 10.2 Å². The zero-order chi connectivity index (χ0) is 13.5. The van der Waals surface area contributed by atoms with Gasteiger partial charge < -0.3 is 4.74 Å². The van der Waals surface area contributed by atoms with Gasteiger partial charge in [0.2, 0.25) is 0 Å². The van der Waals surface area contributed by atoms with Gasteiger partial charge in [0.1, 0.15) is 6.10 Å². The van der Waals surface area contributed by atoms with E-state index in [0.717, 1.165) is 6.42 Å². The largest absolute Gasteiger partial charge is 0.370 e. The predicted octanol–water partition coefficient (Wildman–Crippen LogP) is 0.604. The van der Waals surface area contributed by atoms with Crippen molar-refractivity contribution in [1.29, 1.82) is 0 Å². The van der Waals surface area contributed by atoms with Gasteiger partial charge in [-0.05, 0) is 26.2 Å². The molecule has 2 heterocycles. The van der Waals surface area contributed by atoms with Crippen molar-refractivity contribution in [3.63, 3.8) is 0 Å². The third-order valence-corrected chi connectivity index (χ3v) is 3.89. The van der Waals surface area contributed by atoms with Crippen LogP contribution in [0.4, 0.5) is 0 Å². The van der Waals surface area contributed by atoms with Crippen molar-refractivity contribution < 1.29 is 13.2 Å². The van der Waals surface area contributed by atoms with Crippen LogP contribution in [0.15, 0.2) is 5.16 Å². The molecule has 1 aliphatic rings. The second-order valence-corrected chi connectivity index (χ2v) is 6.36. The summed E-state index contributed by atoms with van der Waals surface area (Å²) < 4.78 is 30.1. The number of rotatable bonds is 3. The minimum Gasteiger partial charge on any atom is -0.370 e. The molecule has 7 nitrogen and oxygen atoms in total. The van der Waals surface area contributed by atoms with E-state index >= 15 is 0 Å². The molecular formula is C10H18N4O3S. The van der Waals surface area contributed by atoms with Crippen molar-refractivity contribution in [3.8, 4) is 0 Å². The Labute approximate surface area is 106 Å². The zero-order valence-corrected chi connectivity index (χ0v) is 11.5. The highest BCUT2D eigenvalue weighted by atomic mass is 32.2. The lowest BCUT2D eigenvalue weighted by atomic mass is 10.0. The second-order valence-electron chi connectivity index (χ2n) is 4.91. The van der Waals surface area contributed by atoms with Crippen LogP contribution in [0.1, 0.15) is 45.2 Å². The summed E-state index contributed by atoms with van der Waals surface area (Å²) in [6.07, 6.45) is 0.718. The van der Waals surface area contributed by atoms with Gasteiger partial charge in [-0.2, -0.15) is 0 Å². The molecule has 2 rings (SSSR count). The van der Waals surface area contributed by atoms with Crippen LogP contribution < -0.4 is 5.14 Å². The Hall–Kier alpha value is -0.990. The van der Waals surface area contributed by atoms with Crippen LogP contribution in [0.25, 0.3) is 0 Å². The highest BCUT2D eigenvalue weighted by molar-refractivity contribution is 7.89. The lowest BCUT2D eigenvalue weighted by Crippen LogP contribution is -2.22. The molecule has 1 aromatic rings. The SMILES string of the molecule is CC1CCOC1c1nnc(S(N)(=O)=O)n1C(C)C. The fraction of sp³-hybridized carbons (Fsp3) is 0.800. The average molecular weight is 274 g/mol. The van der Waals surface area contributed by atoms with Crippen molar-refractivity contribution >= 4 is 10.0 Å². The number of ether oxygens (including phenoxy) is 1. The average Bonchev–Trinajstić information content (AvgIpc) is 2.80. The molecule has 1 aliphatic heterocycles. The minimum atomic E-state index is -3.87. The molecule has 1 aromatic heterocycles. The molecule has 0 radical (unpaired) electrons. The molecule has 0 aromatic carbocycles.